The maximum atomic E-state index is 11.0. The minimum absolute atomic E-state index is 0.00287. The lowest BCUT2D eigenvalue weighted by molar-refractivity contribution is -0.143. The molecule has 0 aromatic heterocycles. The van der Waals surface area contributed by atoms with E-state index in [2.05, 4.69) is 0 Å². The van der Waals surface area contributed by atoms with E-state index < -0.39 is 0 Å². The summed E-state index contributed by atoms with van der Waals surface area (Å²) in [5.41, 5.74) is 0. The Morgan fingerprint density at radius 3 is 2.17 bits per heavy atom. The lowest BCUT2D eigenvalue weighted by Gasteiger charge is -2.01. The molecular formula is C10H18O2. The molecule has 0 spiro atoms. The summed E-state index contributed by atoms with van der Waals surface area (Å²) in [7, 11) is 0. The van der Waals surface area contributed by atoms with Gasteiger partial charge < -0.3 is 4.74 Å². The SMILES string of the molecule is O=C1CCCCCCCCCO1. The van der Waals surface area contributed by atoms with Gasteiger partial charge in [-0.15, -0.1) is 0 Å². The first-order valence-electron chi connectivity index (χ1n) is 5.05. The second-order valence-corrected chi connectivity index (χ2v) is 3.45. The van der Waals surface area contributed by atoms with Crippen molar-refractivity contribution in [2.45, 2.75) is 51.4 Å². The predicted molar refractivity (Wildman–Crippen MR) is 47.9 cm³/mol. The van der Waals surface area contributed by atoms with Gasteiger partial charge in [-0.2, -0.15) is 0 Å². The molecule has 0 bridgehead atoms. The van der Waals surface area contributed by atoms with Crippen LogP contribution in [0, 0.1) is 0 Å². The van der Waals surface area contributed by atoms with Crippen LogP contribution in [0.1, 0.15) is 51.4 Å². The quantitative estimate of drug-likeness (QED) is 0.522. The van der Waals surface area contributed by atoms with Gasteiger partial charge in [0.2, 0.25) is 0 Å². The second-order valence-electron chi connectivity index (χ2n) is 3.45. The first-order valence-corrected chi connectivity index (χ1v) is 5.05. The van der Waals surface area contributed by atoms with E-state index >= 15 is 0 Å². The zero-order valence-electron chi connectivity index (χ0n) is 7.68. The number of hydrogen-bond donors (Lipinski definition) is 0. The van der Waals surface area contributed by atoms with Gasteiger partial charge in [-0.3, -0.25) is 4.79 Å². The number of carbonyl (C=O) groups excluding carboxylic acids is 1. The number of hydrogen-bond acceptors (Lipinski definition) is 2. The first-order chi connectivity index (χ1) is 5.89. The molecule has 0 atom stereocenters. The van der Waals surface area contributed by atoms with Crippen LogP contribution in [0.5, 0.6) is 0 Å². The third-order valence-electron chi connectivity index (χ3n) is 2.29. The monoisotopic (exact) mass is 170 g/mol. The molecule has 12 heavy (non-hydrogen) atoms. The topological polar surface area (TPSA) is 26.3 Å². The number of carbonyl (C=O) groups is 1. The van der Waals surface area contributed by atoms with Crippen LogP contribution < -0.4 is 0 Å². The largest absolute Gasteiger partial charge is 0.466 e. The van der Waals surface area contributed by atoms with Crippen LogP contribution in [0.4, 0.5) is 0 Å². The van der Waals surface area contributed by atoms with Gasteiger partial charge in [0, 0.05) is 6.42 Å². The lowest BCUT2D eigenvalue weighted by Crippen LogP contribution is -2.04. The molecule has 0 saturated carbocycles. The number of cyclic esters (lactones) is 1. The Kier molecular flexibility index (Phi) is 4.81. The highest BCUT2D eigenvalue weighted by Gasteiger charge is 2.03. The average Bonchev–Trinajstić information content (AvgIpc) is 2.11. The maximum Gasteiger partial charge on any atom is 0.305 e. The van der Waals surface area contributed by atoms with E-state index in [1.807, 2.05) is 0 Å². The molecule has 2 heteroatoms. The Morgan fingerprint density at radius 2 is 1.42 bits per heavy atom. The summed E-state index contributed by atoms with van der Waals surface area (Å²) >= 11 is 0. The van der Waals surface area contributed by atoms with Crippen LogP contribution in [0.3, 0.4) is 0 Å². The molecule has 2 nitrogen and oxygen atoms in total. The fraction of sp³-hybridized carbons (Fsp3) is 0.900. The summed E-state index contributed by atoms with van der Waals surface area (Å²) in [6.45, 7) is 0.638. The van der Waals surface area contributed by atoms with E-state index in [-0.39, 0.29) is 5.97 Å². The molecule has 1 aliphatic rings. The third kappa shape index (κ3) is 4.37. The number of ether oxygens (including phenoxy) is 1. The van der Waals surface area contributed by atoms with E-state index in [0.717, 1.165) is 12.8 Å². The maximum absolute atomic E-state index is 11.0. The molecule has 1 saturated heterocycles. The van der Waals surface area contributed by atoms with Gasteiger partial charge in [0.25, 0.3) is 0 Å². The van der Waals surface area contributed by atoms with E-state index in [1.165, 1.54) is 32.1 Å². The summed E-state index contributed by atoms with van der Waals surface area (Å²) < 4.78 is 5.04. The zero-order valence-corrected chi connectivity index (χ0v) is 7.68. The van der Waals surface area contributed by atoms with Crippen LogP contribution >= 0.6 is 0 Å². The van der Waals surface area contributed by atoms with Crippen molar-refractivity contribution in [1.82, 2.24) is 0 Å². The van der Waals surface area contributed by atoms with Crippen LogP contribution in [0.2, 0.25) is 0 Å². The van der Waals surface area contributed by atoms with E-state index in [0.29, 0.717) is 13.0 Å². The van der Waals surface area contributed by atoms with E-state index in [4.69, 9.17) is 4.74 Å². The molecule has 0 aliphatic carbocycles. The van der Waals surface area contributed by atoms with Crippen molar-refractivity contribution in [3.8, 4) is 0 Å². The molecule has 1 heterocycles. The summed E-state index contributed by atoms with van der Waals surface area (Å²) in [6, 6.07) is 0. The standard InChI is InChI=1S/C10H18O2/c11-10-8-6-4-2-1-3-5-7-9-12-10/h1-9H2. The van der Waals surface area contributed by atoms with Crippen LogP contribution in [-0.4, -0.2) is 12.6 Å². The molecule has 70 valence electrons. The molecule has 0 radical (unpaired) electrons. The lowest BCUT2D eigenvalue weighted by atomic mass is 10.1. The molecule has 0 unspecified atom stereocenters. The Balaban J connectivity index is 2.17. The molecule has 0 amide bonds. The highest BCUT2D eigenvalue weighted by molar-refractivity contribution is 5.69. The molecule has 1 fully saturated rings. The molecule has 0 aromatic rings. The van der Waals surface area contributed by atoms with Gasteiger partial charge in [0.15, 0.2) is 0 Å². The van der Waals surface area contributed by atoms with Gasteiger partial charge in [0.1, 0.15) is 0 Å². The van der Waals surface area contributed by atoms with Gasteiger partial charge in [-0.1, -0.05) is 32.1 Å². The molecule has 0 aromatic carbocycles. The first kappa shape index (κ1) is 9.56. The van der Waals surface area contributed by atoms with E-state index in [1.54, 1.807) is 0 Å². The smallest absolute Gasteiger partial charge is 0.305 e. The molecule has 1 aliphatic heterocycles. The highest BCUT2D eigenvalue weighted by atomic mass is 16.5. The highest BCUT2D eigenvalue weighted by Crippen LogP contribution is 2.10. The Hall–Kier alpha value is -0.530. The van der Waals surface area contributed by atoms with Gasteiger partial charge >= 0.3 is 5.97 Å². The molecular weight excluding hydrogens is 152 g/mol. The second kappa shape index (κ2) is 6.04. The van der Waals surface area contributed by atoms with Gasteiger partial charge in [-0.25, -0.2) is 0 Å². The Bertz CT molecular complexity index is 118. The summed E-state index contributed by atoms with van der Waals surface area (Å²) in [6.07, 6.45) is 9.01. The van der Waals surface area contributed by atoms with Gasteiger partial charge in [-0.05, 0) is 12.8 Å². The van der Waals surface area contributed by atoms with Crippen molar-refractivity contribution in [2.75, 3.05) is 6.61 Å². The predicted octanol–water partition coefficient (Wildman–Crippen LogP) is 2.66. The fourth-order valence-electron chi connectivity index (χ4n) is 1.51. The van der Waals surface area contributed by atoms with Crippen molar-refractivity contribution in [3.05, 3.63) is 0 Å². The number of esters is 1. The number of rotatable bonds is 0. The van der Waals surface area contributed by atoms with Crippen LogP contribution in [0.25, 0.3) is 0 Å². The summed E-state index contributed by atoms with van der Waals surface area (Å²) in [5.74, 6) is -0.00287. The average molecular weight is 170 g/mol. The summed E-state index contributed by atoms with van der Waals surface area (Å²) in [4.78, 5) is 11.0. The van der Waals surface area contributed by atoms with Crippen LogP contribution in [-0.2, 0) is 9.53 Å². The minimum Gasteiger partial charge on any atom is -0.466 e. The van der Waals surface area contributed by atoms with E-state index in [9.17, 15) is 4.79 Å². The van der Waals surface area contributed by atoms with Crippen molar-refractivity contribution < 1.29 is 9.53 Å². The minimum atomic E-state index is -0.00287. The van der Waals surface area contributed by atoms with Crippen molar-refractivity contribution in [3.63, 3.8) is 0 Å². The Labute approximate surface area is 74.3 Å². The van der Waals surface area contributed by atoms with Crippen molar-refractivity contribution in [1.29, 1.82) is 0 Å². The van der Waals surface area contributed by atoms with Gasteiger partial charge in [0.05, 0.1) is 6.61 Å². The zero-order chi connectivity index (χ0) is 8.65. The van der Waals surface area contributed by atoms with Crippen molar-refractivity contribution in [2.24, 2.45) is 0 Å². The molecule has 0 N–H and O–H groups in total. The summed E-state index contributed by atoms with van der Waals surface area (Å²) in [5, 5.41) is 0. The normalized spacial score (nSPS) is 22.5. The third-order valence-corrected chi connectivity index (χ3v) is 2.29. The fourth-order valence-corrected chi connectivity index (χ4v) is 1.51. The van der Waals surface area contributed by atoms with Crippen molar-refractivity contribution >= 4 is 5.97 Å². The molecule has 1 rings (SSSR count). The Morgan fingerprint density at radius 1 is 0.833 bits per heavy atom. The van der Waals surface area contributed by atoms with Crippen LogP contribution in [0.15, 0.2) is 0 Å².